The minimum atomic E-state index is -0.635. The normalized spacial score (nSPS) is 11.8. The number of halogens is 2. The summed E-state index contributed by atoms with van der Waals surface area (Å²) in [7, 11) is 0. The Bertz CT molecular complexity index is 881. The SMILES string of the molecule is CCCN(CCC)C(=O)c1cccc(C(=O)N[C@@H](Cc2ccccc2)C(=O)C(I)I)c1. The zero-order chi connectivity index (χ0) is 22.8. The second-order valence-electron chi connectivity index (χ2n) is 7.29. The van der Waals surface area contributed by atoms with Crippen molar-refractivity contribution in [3.63, 3.8) is 0 Å². The molecule has 0 unspecified atom stereocenters. The third-order valence-corrected chi connectivity index (χ3v) is 6.02. The van der Waals surface area contributed by atoms with Crippen molar-refractivity contribution in [3.8, 4) is 0 Å². The van der Waals surface area contributed by atoms with Gasteiger partial charge in [-0.25, -0.2) is 0 Å². The molecule has 2 rings (SSSR count). The summed E-state index contributed by atoms with van der Waals surface area (Å²) in [5.41, 5.74) is 1.84. The van der Waals surface area contributed by atoms with Crippen LogP contribution in [0.2, 0.25) is 0 Å². The first kappa shape index (κ1) is 25.8. The largest absolute Gasteiger partial charge is 0.342 e. The van der Waals surface area contributed by atoms with Crippen molar-refractivity contribution < 1.29 is 14.4 Å². The molecule has 2 aromatic rings. The van der Waals surface area contributed by atoms with Gasteiger partial charge in [0.15, 0.2) is 5.78 Å². The lowest BCUT2D eigenvalue weighted by Gasteiger charge is -2.22. The average molecular weight is 646 g/mol. The van der Waals surface area contributed by atoms with Crippen LogP contribution in [0.15, 0.2) is 54.6 Å². The van der Waals surface area contributed by atoms with Crippen LogP contribution in [0.4, 0.5) is 0 Å². The molecule has 7 heteroatoms. The van der Waals surface area contributed by atoms with E-state index in [4.69, 9.17) is 0 Å². The van der Waals surface area contributed by atoms with Crippen molar-refractivity contribution in [1.29, 1.82) is 0 Å². The lowest BCUT2D eigenvalue weighted by Crippen LogP contribution is -2.44. The van der Waals surface area contributed by atoms with Gasteiger partial charge in [0.2, 0.25) is 0 Å². The number of benzene rings is 2. The Morgan fingerprint density at radius 3 is 2.10 bits per heavy atom. The Balaban J connectivity index is 2.21. The van der Waals surface area contributed by atoms with Crippen molar-refractivity contribution in [2.75, 3.05) is 13.1 Å². The monoisotopic (exact) mass is 646 g/mol. The van der Waals surface area contributed by atoms with Crippen LogP contribution in [-0.4, -0.2) is 43.6 Å². The Labute approximate surface area is 211 Å². The lowest BCUT2D eigenvalue weighted by atomic mass is 10.0. The first-order valence-corrected chi connectivity index (χ1v) is 12.9. The van der Waals surface area contributed by atoms with Gasteiger partial charge in [-0.2, -0.15) is 0 Å². The number of hydrogen-bond donors (Lipinski definition) is 1. The molecule has 0 aromatic heterocycles. The van der Waals surface area contributed by atoms with Crippen molar-refractivity contribution >= 4 is 62.8 Å². The maximum Gasteiger partial charge on any atom is 0.253 e. The molecule has 1 N–H and O–H groups in total. The molecule has 0 heterocycles. The van der Waals surface area contributed by atoms with Gasteiger partial charge in [-0.15, -0.1) is 0 Å². The Morgan fingerprint density at radius 2 is 1.52 bits per heavy atom. The van der Waals surface area contributed by atoms with Crippen molar-refractivity contribution in [1.82, 2.24) is 10.2 Å². The van der Waals surface area contributed by atoms with E-state index < -0.39 is 6.04 Å². The summed E-state index contributed by atoms with van der Waals surface area (Å²) in [6, 6.07) is 15.7. The van der Waals surface area contributed by atoms with Gasteiger partial charge in [0, 0.05) is 24.2 Å². The summed E-state index contributed by atoms with van der Waals surface area (Å²) in [6.07, 6.45) is 2.18. The highest BCUT2D eigenvalue weighted by Gasteiger charge is 2.26. The van der Waals surface area contributed by atoms with Crippen LogP contribution in [0.5, 0.6) is 0 Å². The molecule has 0 aliphatic carbocycles. The molecule has 2 amide bonds. The molecule has 0 radical (unpaired) electrons. The summed E-state index contributed by atoms with van der Waals surface area (Å²) < 4.78 is -0.256. The van der Waals surface area contributed by atoms with E-state index in [1.807, 2.05) is 49.1 Å². The van der Waals surface area contributed by atoms with E-state index in [0.717, 1.165) is 18.4 Å². The minimum Gasteiger partial charge on any atom is -0.342 e. The highest BCUT2D eigenvalue weighted by atomic mass is 127. The fraction of sp³-hybridized carbons (Fsp3) is 0.375. The third kappa shape index (κ3) is 7.85. The van der Waals surface area contributed by atoms with Gasteiger partial charge >= 0.3 is 0 Å². The number of Topliss-reactive ketones (excluding diaryl/α,β-unsaturated/α-hetero) is 1. The van der Waals surface area contributed by atoms with E-state index >= 15 is 0 Å². The topological polar surface area (TPSA) is 66.5 Å². The van der Waals surface area contributed by atoms with Crippen molar-refractivity contribution in [2.24, 2.45) is 0 Å². The maximum absolute atomic E-state index is 13.0. The summed E-state index contributed by atoms with van der Waals surface area (Å²) >= 11 is 4.12. The molecule has 0 fully saturated rings. The van der Waals surface area contributed by atoms with E-state index in [2.05, 4.69) is 50.5 Å². The summed E-state index contributed by atoms with van der Waals surface area (Å²) in [5.74, 6) is -0.465. The number of carbonyl (C=O) groups is 3. The molecule has 0 aliphatic heterocycles. The quantitative estimate of drug-likeness (QED) is 0.275. The molecule has 166 valence electrons. The molecule has 0 aliphatic rings. The standard InChI is InChI=1S/C24H28I2N2O3/c1-3-13-28(14-4-2)24(31)19-12-8-11-18(16-19)23(30)27-20(21(29)22(25)26)15-17-9-6-5-7-10-17/h5-12,16,20,22H,3-4,13-15H2,1-2H3,(H,27,30)/t20-/m0/s1. The zero-order valence-electron chi connectivity index (χ0n) is 17.8. The van der Waals surface area contributed by atoms with Crippen LogP contribution in [0.25, 0.3) is 0 Å². The number of amides is 2. The molecular formula is C24H28I2N2O3. The van der Waals surface area contributed by atoms with E-state index in [9.17, 15) is 14.4 Å². The predicted molar refractivity (Wildman–Crippen MR) is 141 cm³/mol. The molecule has 2 aromatic carbocycles. The maximum atomic E-state index is 13.0. The van der Waals surface area contributed by atoms with E-state index in [0.29, 0.717) is 30.6 Å². The molecule has 1 atom stereocenters. The first-order valence-electron chi connectivity index (χ1n) is 10.4. The predicted octanol–water partition coefficient (Wildman–Crippen LogP) is 5.06. The fourth-order valence-electron chi connectivity index (χ4n) is 3.30. The van der Waals surface area contributed by atoms with Gasteiger partial charge in [-0.1, -0.05) is 95.4 Å². The van der Waals surface area contributed by atoms with Gasteiger partial charge in [-0.3, -0.25) is 14.4 Å². The van der Waals surface area contributed by atoms with Crippen LogP contribution in [0.1, 0.15) is 53.0 Å². The molecule has 5 nitrogen and oxygen atoms in total. The highest BCUT2D eigenvalue weighted by molar-refractivity contribution is 14.2. The van der Waals surface area contributed by atoms with Crippen molar-refractivity contribution in [2.45, 2.75) is 41.1 Å². The molecule has 31 heavy (non-hydrogen) atoms. The smallest absolute Gasteiger partial charge is 0.253 e. The number of nitrogens with zero attached hydrogens (tertiary/aromatic N) is 1. The number of nitrogens with one attached hydrogen (secondary N) is 1. The number of ketones is 1. The number of carbonyl (C=O) groups excluding carboxylic acids is 3. The molecule has 0 saturated heterocycles. The molecule has 0 spiro atoms. The van der Waals surface area contributed by atoms with Crippen molar-refractivity contribution in [3.05, 3.63) is 71.3 Å². The van der Waals surface area contributed by atoms with Gasteiger partial charge in [0.05, 0.1) is 6.04 Å². The second kappa shape index (κ2) is 13.1. The summed E-state index contributed by atoms with van der Waals surface area (Å²) in [4.78, 5) is 40.4. The fourth-order valence-corrected chi connectivity index (χ4v) is 4.17. The number of hydrogen-bond acceptors (Lipinski definition) is 3. The summed E-state index contributed by atoms with van der Waals surface area (Å²) in [5, 5.41) is 2.89. The molecular weight excluding hydrogens is 618 g/mol. The average Bonchev–Trinajstić information content (AvgIpc) is 2.78. The molecule has 0 saturated carbocycles. The Hall–Kier alpha value is -1.49. The van der Waals surface area contributed by atoms with E-state index in [-0.39, 0.29) is 19.5 Å². The van der Waals surface area contributed by atoms with E-state index in [1.54, 1.807) is 24.3 Å². The van der Waals surface area contributed by atoms with Crippen LogP contribution in [0, 0.1) is 0 Å². The third-order valence-electron chi connectivity index (χ3n) is 4.79. The number of alkyl halides is 2. The minimum absolute atomic E-state index is 0.0392. The van der Waals surface area contributed by atoms with Gasteiger partial charge in [-0.05, 0) is 43.0 Å². The number of rotatable bonds is 11. The lowest BCUT2D eigenvalue weighted by molar-refractivity contribution is -0.118. The van der Waals surface area contributed by atoms with Gasteiger partial charge < -0.3 is 10.2 Å². The summed E-state index contributed by atoms with van der Waals surface area (Å²) in [6.45, 7) is 5.45. The second-order valence-corrected chi connectivity index (χ2v) is 12.2. The zero-order valence-corrected chi connectivity index (χ0v) is 22.1. The van der Waals surface area contributed by atoms with Crippen LogP contribution in [0.3, 0.4) is 0 Å². The van der Waals surface area contributed by atoms with Crippen LogP contribution >= 0.6 is 45.2 Å². The first-order chi connectivity index (χ1) is 14.9. The highest BCUT2D eigenvalue weighted by Crippen LogP contribution is 2.17. The van der Waals surface area contributed by atoms with Crippen LogP contribution < -0.4 is 5.32 Å². The van der Waals surface area contributed by atoms with Crippen LogP contribution in [-0.2, 0) is 11.2 Å². The van der Waals surface area contributed by atoms with Gasteiger partial charge in [0.1, 0.15) is 1.93 Å². The van der Waals surface area contributed by atoms with Gasteiger partial charge in [0.25, 0.3) is 11.8 Å². The van der Waals surface area contributed by atoms with E-state index in [1.165, 1.54) is 0 Å². The Kier molecular flexibility index (Phi) is 10.9. The Morgan fingerprint density at radius 1 is 0.903 bits per heavy atom. The molecule has 0 bridgehead atoms.